The molecule has 0 saturated carbocycles. The van der Waals surface area contributed by atoms with E-state index in [0.29, 0.717) is 24.4 Å². The summed E-state index contributed by atoms with van der Waals surface area (Å²) in [4.78, 5) is 21.6. The van der Waals surface area contributed by atoms with E-state index in [2.05, 4.69) is 37.6 Å². The third-order valence-corrected chi connectivity index (χ3v) is 5.47. The van der Waals surface area contributed by atoms with Gasteiger partial charge in [-0.25, -0.2) is 4.98 Å². The van der Waals surface area contributed by atoms with Crippen molar-refractivity contribution in [2.75, 3.05) is 13.2 Å². The molecule has 1 amide bonds. The number of hydrogen-bond donors (Lipinski definition) is 2. The zero-order valence-corrected chi connectivity index (χ0v) is 16.5. The molecule has 1 aliphatic rings. The SMILES string of the molecule is Cc1cc(-c2n[nH]c3ncc(C(=O)N[C@H]4COC[C@@H]4c4ccccc4)cc23)ccn1. The van der Waals surface area contributed by atoms with Gasteiger partial charge in [-0.3, -0.25) is 14.9 Å². The zero-order chi connectivity index (χ0) is 20.5. The van der Waals surface area contributed by atoms with Gasteiger partial charge in [-0.05, 0) is 30.7 Å². The first kappa shape index (κ1) is 18.4. The van der Waals surface area contributed by atoms with E-state index < -0.39 is 0 Å². The second-order valence-corrected chi connectivity index (χ2v) is 7.51. The molecule has 7 heteroatoms. The highest BCUT2D eigenvalue weighted by Gasteiger charge is 2.31. The summed E-state index contributed by atoms with van der Waals surface area (Å²) in [7, 11) is 0. The van der Waals surface area contributed by atoms with Crippen molar-refractivity contribution in [1.82, 2.24) is 25.5 Å². The van der Waals surface area contributed by atoms with Crippen LogP contribution in [0.5, 0.6) is 0 Å². The average Bonchev–Trinajstić information content (AvgIpc) is 3.40. The van der Waals surface area contributed by atoms with E-state index in [0.717, 1.165) is 22.3 Å². The molecular weight excluding hydrogens is 378 g/mol. The Morgan fingerprint density at radius 2 is 2.00 bits per heavy atom. The minimum absolute atomic E-state index is 0.0812. The van der Waals surface area contributed by atoms with Crippen LogP contribution in [0.3, 0.4) is 0 Å². The number of nitrogens with one attached hydrogen (secondary N) is 2. The average molecular weight is 399 g/mol. The first-order valence-corrected chi connectivity index (χ1v) is 9.90. The van der Waals surface area contributed by atoms with Crippen molar-refractivity contribution < 1.29 is 9.53 Å². The van der Waals surface area contributed by atoms with Gasteiger partial charge in [0.1, 0.15) is 5.69 Å². The Hall–Kier alpha value is -3.58. The van der Waals surface area contributed by atoms with Crippen LogP contribution in [0, 0.1) is 6.92 Å². The molecule has 1 aromatic carbocycles. The van der Waals surface area contributed by atoms with Crippen LogP contribution < -0.4 is 5.32 Å². The molecule has 30 heavy (non-hydrogen) atoms. The van der Waals surface area contributed by atoms with Gasteiger partial charge >= 0.3 is 0 Å². The van der Waals surface area contributed by atoms with Gasteiger partial charge in [-0.1, -0.05) is 30.3 Å². The maximum atomic E-state index is 13.0. The third kappa shape index (κ3) is 3.44. The molecule has 0 radical (unpaired) electrons. The number of rotatable bonds is 4. The number of ether oxygens (including phenoxy) is 1. The fourth-order valence-corrected chi connectivity index (χ4v) is 3.92. The van der Waals surface area contributed by atoms with E-state index in [9.17, 15) is 4.79 Å². The first-order valence-electron chi connectivity index (χ1n) is 9.90. The molecule has 3 aromatic heterocycles. The van der Waals surface area contributed by atoms with Gasteiger partial charge in [0.25, 0.3) is 5.91 Å². The lowest BCUT2D eigenvalue weighted by Gasteiger charge is -2.19. The number of aryl methyl sites for hydroxylation is 1. The van der Waals surface area contributed by atoms with Gasteiger partial charge in [-0.2, -0.15) is 5.10 Å². The smallest absolute Gasteiger partial charge is 0.253 e. The summed E-state index contributed by atoms with van der Waals surface area (Å²) in [6.45, 7) is 3.02. The van der Waals surface area contributed by atoms with Gasteiger partial charge in [0.2, 0.25) is 0 Å². The molecule has 2 atom stereocenters. The summed E-state index contributed by atoms with van der Waals surface area (Å²) in [5.74, 6) is -0.0324. The number of pyridine rings is 2. The monoisotopic (exact) mass is 399 g/mol. The molecule has 5 rings (SSSR count). The van der Waals surface area contributed by atoms with Crippen LogP contribution >= 0.6 is 0 Å². The summed E-state index contributed by atoms with van der Waals surface area (Å²) >= 11 is 0. The number of amides is 1. The fraction of sp³-hybridized carbons (Fsp3) is 0.217. The van der Waals surface area contributed by atoms with Gasteiger partial charge in [0, 0.05) is 35.0 Å². The molecule has 4 aromatic rings. The van der Waals surface area contributed by atoms with E-state index in [-0.39, 0.29) is 17.9 Å². The van der Waals surface area contributed by atoms with E-state index in [1.807, 2.05) is 43.3 Å². The molecule has 0 unspecified atom stereocenters. The highest BCUT2D eigenvalue weighted by Crippen LogP contribution is 2.28. The van der Waals surface area contributed by atoms with Crippen molar-refractivity contribution in [3.05, 3.63) is 77.7 Å². The largest absolute Gasteiger partial charge is 0.379 e. The van der Waals surface area contributed by atoms with Crippen molar-refractivity contribution in [2.24, 2.45) is 0 Å². The van der Waals surface area contributed by atoms with Crippen LogP contribution in [-0.4, -0.2) is 45.3 Å². The predicted molar refractivity (Wildman–Crippen MR) is 113 cm³/mol. The fourth-order valence-electron chi connectivity index (χ4n) is 3.92. The maximum Gasteiger partial charge on any atom is 0.253 e. The Morgan fingerprint density at radius 3 is 2.83 bits per heavy atom. The van der Waals surface area contributed by atoms with Gasteiger partial charge in [0.05, 0.1) is 24.8 Å². The quantitative estimate of drug-likeness (QED) is 0.550. The predicted octanol–water partition coefficient (Wildman–Crippen LogP) is 3.24. The van der Waals surface area contributed by atoms with E-state index in [1.165, 1.54) is 5.56 Å². The second kappa shape index (κ2) is 7.68. The van der Waals surface area contributed by atoms with E-state index in [4.69, 9.17) is 4.74 Å². The number of fused-ring (bicyclic) bond motifs is 1. The molecule has 0 bridgehead atoms. The summed E-state index contributed by atoms with van der Waals surface area (Å²) in [6, 6.07) is 15.7. The topological polar surface area (TPSA) is 92.8 Å². The lowest BCUT2D eigenvalue weighted by Crippen LogP contribution is -2.39. The Labute approximate surface area is 173 Å². The molecule has 1 fully saturated rings. The normalized spacial score (nSPS) is 18.6. The number of carbonyl (C=O) groups is 1. The number of aromatic amines is 1. The number of aromatic nitrogens is 4. The number of H-pyrrole nitrogens is 1. The van der Waals surface area contributed by atoms with Crippen LogP contribution in [0.2, 0.25) is 0 Å². The molecule has 0 spiro atoms. The van der Waals surface area contributed by atoms with Crippen LogP contribution in [0.25, 0.3) is 22.3 Å². The maximum absolute atomic E-state index is 13.0. The highest BCUT2D eigenvalue weighted by molar-refractivity contribution is 6.00. The van der Waals surface area contributed by atoms with Gasteiger partial charge in [0.15, 0.2) is 5.65 Å². The Kier molecular flexibility index (Phi) is 4.72. The summed E-state index contributed by atoms with van der Waals surface area (Å²) in [6.07, 6.45) is 3.32. The van der Waals surface area contributed by atoms with Crippen LogP contribution in [0.1, 0.15) is 27.5 Å². The van der Waals surface area contributed by atoms with Crippen LogP contribution in [0.15, 0.2) is 60.9 Å². The summed E-state index contributed by atoms with van der Waals surface area (Å²) in [5, 5.41) is 11.3. The summed E-state index contributed by atoms with van der Waals surface area (Å²) < 4.78 is 5.66. The van der Waals surface area contributed by atoms with E-state index in [1.54, 1.807) is 12.4 Å². The molecule has 4 heterocycles. The van der Waals surface area contributed by atoms with Crippen molar-refractivity contribution in [3.8, 4) is 11.3 Å². The minimum atomic E-state index is -0.168. The molecule has 1 aliphatic heterocycles. The first-order chi connectivity index (χ1) is 14.7. The number of carbonyl (C=O) groups excluding carboxylic acids is 1. The molecule has 2 N–H and O–H groups in total. The third-order valence-electron chi connectivity index (χ3n) is 5.47. The van der Waals surface area contributed by atoms with Crippen molar-refractivity contribution in [3.63, 3.8) is 0 Å². The van der Waals surface area contributed by atoms with Crippen molar-refractivity contribution in [1.29, 1.82) is 0 Å². The minimum Gasteiger partial charge on any atom is -0.379 e. The number of nitrogens with zero attached hydrogens (tertiary/aromatic N) is 3. The highest BCUT2D eigenvalue weighted by atomic mass is 16.5. The van der Waals surface area contributed by atoms with Crippen LogP contribution in [0.4, 0.5) is 0 Å². The van der Waals surface area contributed by atoms with Crippen molar-refractivity contribution >= 4 is 16.9 Å². The van der Waals surface area contributed by atoms with Gasteiger partial charge in [-0.15, -0.1) is 0 Å². The Balaban J connectivity index is 1.42. The molecule has 0 aliphatic carbocycles. The molecule has 1 saturated heterocycles. The van der Waals surface area contributed by atoms with E-state index >= 15 is 0 Å². The van der Waals surface area contributed by atoms with Crippen molar-refractivity contribution in [2.45, 2.75) is 18.9 Å². The lowest BCUT2D eigenvalue weighted by atomic mass is 9.94. The molecular formula is C23H21N5O2. The number of hydrogen-bond acceptors (Lipinski definition) is 5. The second-order valence-electron chi connectivity index (χ2n) is 7.51. The standard InChI is InChI=1S/C23H21N5O2/c1-14-9-16(7-8-24-14)21-18-10-17(11-25-22(18)28-27-21)23(29)26-20-13-30-12-19(20)15-5-3-2-4-6-15/h2-11,19-20H,12-13H2,1H3,(H,26,29)(H,25,27,28)/t19-,20+/m1/s1. The number of benzene rings is 1. The van der Waals surface area contributed by atoms with Gasteiger partial charge < -0.3 is 10.1 Å². The summed E-state index contributed by atoms with van der Waals surface area (Å²) in [5.41, 5.74) is 4.89. The Bertz CT molecular complexity index is 1200. The van der Waals surface area contributed by atoms with Crippen LogP contribution in [-0.2, 0) is 4.74 Å². The molecule has 150 valence electrons. The Morgan fingerprint density at radius 1 is 1.13 bits per heavy atom. The molecule has 7 nitrogen and oxygen atoms in total. The lowest BCUT2D eigenvalue weighted by molar-refractivity contribution is 0.0928. The zero-order valence-electron chi connectivity index (χ0n) is 16.5.